The number of carbonyl (C=O) groups excluding carboxylic acids is 1. The highest BCUT2D eigenvalue weighted by atomic mass is 35.5. The third-order valence-corrected chi connectivity index (χ3v) is 5.04. The van der Waals surface area contributed by atoms with E-state index in [4.69, 9.17) is 11.6 Å². The molecule has 2 aromatic rings. The summed E-state index contributed by atoms with van der Waals surface area (Å²) in [7, 11) is 0. The first kappa shape index (κ1) is 19.4. The van der Waals surface area contributed by atoms with Crippen LogP contribution in [-0.4, -0.2) is 49.7 Å². The van der Waals surface area contributed by atoms with Gasteiger partial charge in [0.2, 0.25) is 5.82 Å². The molecule has 2 heterocycles. The van der Waals surface area contributed by atoms with Gasteiger partial charge < -0.3 is 10.0 Å². The number of carboxylic acids is 1. The van der Waals surface area contributed by atoms with Crippen LogP contribution >= 0.6 is 11.6 Å². The van der Waals surface area contributed by atoms with E-state index in [1.165, 1.54) is 0 Å². The molecule has 1 aromatic heterocycles. The molecule has 2 unspecified atom stereocenters. The summed E-state index contributed by atoms with van der Waals surface area (Å²) < 4.78 is 1.61. The molecule has 2 atom stereocenters. The van der Waals surface area contributed by atoms with Gasteiger partial charge in [-0.05, 0) is 30.9 Å². The fourth-order valence-electron chi connectivity index (χ4n) is 3.47. The van der Waals surface area contributed by atoms with Gasteiger partial charge in [-0.2, -0.15) is 0 Å². The number of aliphatic carboxylic acids is 1. The van der Waals surface area contributed by atoms with Crippen LogP contribution in [-0.2, 0) is 11.2 Å². The van der Waals surface area contributed by atoms with E-state index in [1.54, 1.807) is 15.6 Å². The van der Waals surface area contributed by atoms with Crippen LogP contribution in [0.2, 0.25) is 5.02 Å². The molecule has 0 saturated carbocycles. The number of carboxylic acid groups (broad SMARTS) is 1. The van der Waals surface area contributed by atoms with Crippen molar-refractivity contribution in [1.82, 2.24) is 19.7 Å². The second kappa shape index (κ2) is 8.08. The molecule has 1 aliphatic rings. The van der Waals surface area contributed by atoms with Gasteiger partial charge in [-0.15, -0.1) is 5.10 Å². The van der Waals surface area contributed by atoms with E-state index in [0.29, 0.717) is 35.9 Å². The highest BCUT2D eigenvalue weighted by Crippen LogP contribution is 2.24. The quantitative estimate of drug-likeness (QED) is 0.847. The van der Waals surface area contributed by atoms with Crippen molar-refractivity contribution in [1.29, 1.82) is 0 Å². The molecule has 7 nitrogen and oxygen atoms in total. The molecule has 1 fully saturated rings. The van der Waals surface area contributed by atoms with E-state index < -0.39 is 11.9 Å². The van der Waals surface area contributed by atoms with Crippen LogP contribution in [0.4, 0.5) is 0 Å². The zero-order valence-electron chi connectivity index (χ0n) is 15.4. The molecule has 0 radical (unpaired) electrons. The Hall–Kier alpha value is -2.41. The number of amides is 1. The number of halogens is 1. The number of likely N-dealkylation sites (tertiary alicyclic amines) is 1. The Bertz CT molecular complexity index is 851. The minimum atomic E-state index is -0.874. The number of benzene rings is 1. The molecule has 1 aliphatic heterocycles. The molecule has 8 heteroatoms. The first-order valence-electron chi connectivity index (χ1n) is 9.13. The van der Waals surface area contributed by atoms with Gasteiger partial charge in [0.05, 0.1) is 16.6 Å². The number of para-hydroxylation sites is 1. The molecule has 0 aliphatic carbocycles. The molecule has 1 saturated heterocycles. The van der Waals surface area contributed by atoms with Crippen molar-refractivity contribution in [2.75, 3.05) is 13.1 Å². The van der Waals surface area contributed by atoms with Crippen molar-refractivity contribution >= 4 is 23.5 Å². The second-order valence-corrected chi connectivity index (χ2v) is 7.46. The third-order valence-electron chi connectivity index (χ3n) is 4.72. The average molecular weight is 391 g/mol. The minimum Gasteiger partial charge on any atom is -0.481 e. The highest BCUT2D eigenvalue weighted by molar-refractivity contribution is 6.32. The third kappa shape index (κ3) is 4.13. The van der Waals surface area contributed by atoms with E-state index in [0.717, 1.165) is 6.42 Å². The lowest BCUT2D eigenvalue weighted by molar-refractivity contribution is -0.143. The van der Waals surface area contributed by atoms with Crippen LogP contribution in [0, 0.1) is 11.8 Å². The number of rotatable bonds is 5. The van der Waals surface area contributed by atoms with Crippen molar-refractivity contribution < 1.29 is 14.7 Å². The lowest BCUT2D eigenvalue weighted by Gasteiger charge is -2.33. The van der Waals surface area contributed by atoms with Crippen molar-refractivity contribution in [2.45, 2.75) is 33.1 Å². The normalized spacial score (nSPS) is 19.9. The Morgan fingerprint density at radius 2 is 2.04 bits per heavy atom. The number of carbonyl (C=O) groups is 2. The molecule has 0 bridgehead atoms. The van der Waals surface area contributed by atoms with Crippen molar-refractivity contribution in [3.8, 4) is 5.69 Å². The van der Waals surface area contributed by atoms with E-state index in [9.17, 15) is 14.7 Å². The van der Waals surface area contributed by atoms with Crippen molar-refractivity contribution in [3.63, 3.8) is 0 Å². The summed E-state index contributed by atoms with van der Waals surface area (Å²) in [5.74, 6) is -0.912. The second-order valence-electron chi connectivity index (χ2n) is 7.05. The van der Waals surface area contributed by atoms with Crippen LogP contribution in [0.5, 0.6) is 0 Å². The number of hydrogen-bond donors (Lipinski definition) is 1. The molecule has 144 valence electrons. The first-order chi connectivity index (χ1) is 12.9. The van der Waals surface area contributed by atoms with Crippen LogP contribution in [0.15, 0.2) is 24.3 Å². The summed E-state index contributed by atoms with van der Waals surface area (Å²) >= 11 is 6.29. The maximum Gasteiger partial charge on any atom is 0.308 e. The van der Waals surface area contributed by atoms with Gasteiger partial charge in [0, 0.05) is 19.5 Å². The van der Waals surface area contributed by atoms with Crippen LogP contribution in [0.3, 0.4) is 0 Å². The standard InChI is InChI=1S/C19H23ClN4O3/c1-3-6-16-21-17(22-24(16)15-8-5-4-7-14(15)20)18(25)23-10-12(2)9-13(11-23)19(26)27/h4-5,7-8,12-13H,3,6,9-11H2,1-2H3,(H,26,27). The molecule has 1 N–H and O–H groups in total. The molecule has 27 heavy (non-hydrogen) atoms. The SMILES string of the molecule is CCCc1nc(C(=O)N2CC(C)CC(C(=O)O)C2)nn1-c1ccccc1Cl. The van der Waals surface area contributed by atoms with Crippen molar-refractivity contribution in [3.05, 3.63) is 40.9 Å². The predicted octanol–water partition coefficient (Wildman–Crippen LogP) is 3.06. The smallest absolute Gasteiger partial charge is 0.308 e. The Kier molecular flexibility index (Phi) is 5.79. The summed E-state index contributed by atoms with van der Waals surface area (Å²) in [6.45, 7) is 4.67. The van der Waals surface area contributed by atoms with Crippen LogP contribution < -0.4 is 0 Å². The highest BCUT2D eigenvalue weighted by Gasteiger charge is 2.34. The summed E-state index contributed by atoms with van der Waals surface area (Å²) in [6.07, 6.45) is 2.07. The number of piperidine rings is 1. The lowest BCUT2D eigenvalue weighted by atomic mass is 9.90. The number of aromatic nitrogens is 3. The Labute approximate surface area is 163 Å². The molecule has 1 aromatic carbocycles. The lowest BCUT2D eigenvalue weighted by Crippen LogP contribution is -2.45. The van der Waals surface area contributed by atoms with Gasteiger partial charge in [-0.3, -0.25) is 9.59 Å². The first-order valence-corrected chi connectivity index (χ1v) is 9.51. The maximum absolute atomic E-state index is 13.0. The van der Waals surface area contributed by atoms with E-state index in [1.807, 2.05) is 32.0 Å². The van der Waals surface area contributed by atoms with Gasteiger partial charge in [0.25, 0.3) is 5.91 Å². The molecule has 3 rings (SSSR count). The molecule has 0 spiro atoms. The van der Waals surface area contributed by atoms with Gasteiger partial charge in [0.15, 0.2) is 0 Å². The van der Waals surface area contributed by atoms with E-state index in [2.05, 4.69) is 10.1 Å². The Balaban J connectivity index is 1.92. The van der Waals surface area contributed by atoms with Gasteiger partial charge in [0.1, 0.15) is 5.82 Å². The fraction of sp³-hybridized carbons (Fsp3) is 0.474. The topological polar surface area (TPSA) is 88.3 Å². The average Bonchev–Trinajstić information content (AvgIpc) is 3.05. The van der Waals surface area contributed by atoms with E-state index in [-0.39, 0.29) is 24.2 Å². The number of aryl methyl sites for hydroxylation is 1. The largest absolute Gasteiger partial charge is 0.481 e. The molecule has 1 amide bonds. The summed E-state index contributed by atoms with van der Waals surface area (Å²) in [4.78, 5) is 30.3. The summed E-state index contributed by atoms with van der Waals surface area (Å²) in [6, 6.07) is 7.27. The minimum absolute atomic E-state index is 0.0802. The van der Waals surface area contributed by atoms with Crippen LogP contribution in [0.25, 0.3) is 5.69 Å². The zero-order valence-corrected chi connectivity index (χ0v) is 16.2. The van der Waals surface area contributed by atoms with Gasteiger partial charge in [-0.1, -0.05) is 37.6 Å². The Morgan fingerprint density at radius 1 is 1.30 bits per heavy atom. The van der Waals surface area contributed by atoms with E-state index >= 15 is 0 Å². The number of hydrogen-bond acceptors (Lipinski definition) is 4. The number of nitrogens with zero attached hydrogens (tertiary/aromatic N) is 4. The van der Waals surface area contributed by atoms with Gasteiger partial charge >= 0.3 is 5.97 Å². The van der Waals surface area contributed by atoms with Crippen molar-refractivity contribution in [2.24, 2.45) is 11.8 Å². The Morgan fingerprint density at radius 3 is 2.70 bits per heavy atom. The molecular weight excluding hydrogens is 368 g/mol. The summed E-state index contributed by atoms with van der Waals surface area (Å²) in [5.41, 5.74) is 0.671. The maximum atomic E-state index is 13.0. The predicted molar refractivity (Wildman–Crippen MR) is 101 cm³/mol. The van der Waals surface area contributed by atoms with Gasteiger partial charge in [-0.25, -0.2) is 9.67 Å². The fourth-order valence-corrected chi connectivity index (χ4v) is 3.69. The summed E-state index contributed by atoms with van der Waals surface area (Å²) in [5, 5.41) is 14.3. The monoisotopic (exact) mass is 390 g/mol. The molecular formula is C19H23ClN4O3. The zero-order chi connectivity index (χ0) is 19.6. The van der Waals surface area contributed by atoms with Crippen LogP contribution in [0.1, 0.15) is 43.1 Å².